The van der Waals surface area contributed by atoms with Crippen LogP contribution in [0.2, 0.25) is 0 Å². The molecule has 0 bridgehead atoms. The van der Waals surface area contributed by atoms with Crippen molar-refractivity contribution in [2.24, 2.45) is 11.8 Å². The zero-order valence-electron chi connectivity index (χ0n) is 12.9. The van der Waals surface area contributed by atoms with Crippen LogP contribution < -0.4 is 0 Å². The van der Waals surface area contributed by atoms with Crippen LogP contribution in [0.4, 0.5) is 0 Å². The van der Waals surface area contributed by atoms with E-state index < -0.39 is 5.60 Å². The summed E-state index contributed by atoms with van der Waals surface area (Å²) in [6, 6.07) is 6.50. The second-order valence-electron chi connectivity index (χ2n) is 6.58. The minimum Gasteiger partial charge on any atom is -0.385 e. The molecule has 0 heterocycles. The molecular formula is C18H28O. The van der Waals surface area contributed by atoms with Crippen LogP contribution in [0.25, 0.3) is 0 Å². The topological polar surface area (TPSA) is 20.2 Å². The summed E-state index contributed by atoms with van der Waals surface area (Å²) >= 11 is 0. The van der Waals surface area contributed by atoms with Gasteiger partial charge in [0.05, 0.1) is 5.60 Å². The van der Waals surface area contributed by atoms with Crippen molar-refractivity contribution in [2.75, 3.05) is 0 Å². The first kappa shape index (κ1) is 14.6. The molecule has 0 aliphatic heterocycles. The molecule has 1 N–H and O–H groups in total. The Hall–Kier alpha value is -0.820. The molecule has 1 saturated carbocycles. The molecule has 1 nitrogen and oxygen atoms in total. The Kier molecular flexibility index (Phi) is 4.35. The number of aliphatic hydroxyl groups is 1. The largest absolute Gasteiger partial charge is 0.385 e. The van der Waals surface area contributed by atoms with E-state index in [1.165, 1.54) is 43.2 Å². The van der Waals surface area contributed by atoms with Crippen LogP contribution in [-0.4, -0.2) is 5.11 Å². The molecule has 1 aromatic rings. The van der Waals surface area contributed by atoms with Gasteiger partial charge in [-0.3, -0.25) is 0 Å². The lowest BCUT2D eigenvalue weighted by atomic mass is 9.67. The van der Waals surface area contributed by atoms with Crippen molar-refractivity contribution in [2.45, 2.75) is 65.4 Å². The monoisotopic (exact) mass is 260 g/mol. The zero-order valence-corrected chi connectivity index (χ0v) is 12.9. The summed E-state index contributed by atoms with van der Waals surface area (Å²) in [4.78, 5) is 0. The van der Waals surface area contributed by atoms with Crippen molar-refractivity contribution in [1.82, 2.24) is 0 Å². The van der Waals surface area contributed by atoms with Crippen molar-refractivity contribution in [1.29, 1.82) is 0 Å². The van der Waals surface area contributed by atoms with E-state index >= 15 is 0 Å². The van der Waals surface area contributed by atoms with Gasteiger partial charge in [0.1, 0.15) is 0 Å². The van der Waals surface area contributed by atoms with Gasteiger partial charge in [0.15, 0.2) is 0 Å². The van der Waals surface area contributed by atoms with E-state index in [1.807, 2.05) is 6.92 Å². The Balaban J connectivity index is 2.33. The summed E-state index contributed by atoms with van der Waals surface area (Å²) in [5.74, 6) is 1.08. The lowest BCUT2D eigenvalue weighted by Crippen LogP contribution is -2.38. The summed E-state index contributed by atoms with van der Waals surface area (Å²) in [6.07, 6.45) is 6.23. The molecule has 2 rings (SSSR count). The molecule has 19 heavy (non-hydrogen) atoms. The van der Waals surface area contributed by atoms with E-state index in [9.17, 15) is 5.11 Å². The molecule has 1 aromatic carbocycles. The Morgan fingerprint density at radius 1 is 1.11 bits per heavy atom. The van der Waals surface area contributed by atoms with E-state index in [1.54, 1.807) is 0 Å². The van der Waals surface area contributed by atoms with Crippen molar-refractivity contribution in [3.05, 3.63) is 34.9 Å². The maximum absolute atomic E-state index is 11.2. The highest BCUT2D eigenvalue weighted by Gasteiger charge is 2.39. The molecule has 3 unspecified atom stereocenters. The highest BCUT2D eigenvalue weighted by atomic mass is 16.3. The molecule has 1 aliphatic rings. The lowest BCUT2D eigenvalue weighted by molar-refractivity contribution is -0.0489. The van der Waals surface area contributed by atoms with Gasteiger partial charge in [0.2, 0.25) is 0 Å². The fraction of sp³-hybridized carbons (Fsp3) is 0.667. The van der Waals surface area contributed by atoms with Gasteiger partial charge in [-0.2, -0.15) is 0 Å². The standard InChI is InChI=1S/C18H28O/c1-5-15-8-6-7-9-17(15)18(4,19)16-11-13(2)10-14(3)12-16/h10-12,15,17,19H,5-9H2,1-4H3. The van der Waals surface area contributed by atoms with Crippen molar-refractivity contribution >= 4 is 0 Å². The number of hydrogen-bond acceptors (Lipinski definition) is 1. The predicted octanol–water partition coefficient (Wildman–Crippen LogP) is 4.73. The Morgan fingerprint density at radius 2 is 1.68 bits per heavy atom. The van der Waals surface area contributed by atoms with E-state index in [2.05, 4.69) is 39.0 Å². The van der Waals surface area contributed by atoms with Gasteiger partial charge in [-0.05, 0) is 44.6 Å². The van der Waals surface area contributed by atoms with Crippen molar-refractivity contribution in [3.63, 3.8) is 0 Å². The molecule has 0 saturated heterocycles. The SMILES string of the molecule is CCC1CCCCC1C(C)(O)c1cc(C)cc(C)c1. The molecule has 1 heteroatoms. The van der Waals surface area contributed by atoms with Crippen LogP contribution in [0.1, 0.15) is 62.6 Å². The third-order valence-electron chi connectivity index (χ3n) is 4.96. The smallest absolute Gasteiger partial charge is 0.0899 e. The van der Waals surface area contributed by atoms with Crippen LogP contribution in [-0.2, 0) is 5.60 Å². The van der Waals surface area contributed by atoms with E-state index in [4.69, 9.17) is 0 Å². The second kappa shape index (κ2) is 5.66. The van der Waals surface area contributed by atoms with Gasteiger partial charge in [0.25, 0.3) is 0 Å². The summed E-state index contributed by atoms with van der Waals surface area (Å²) in [6.45, 7) is 8.52. The first-order valence-electron chi connectivity index (χ1n) is 7.76. The number of hydrogen-bond donors (Lipinski definition) is 1. The van der Waals surface area contributed by atoms with Gasteiger partial charge in [-0.1, -0.05) is 61.9 Å². The molecule has 0 amide bonds. The Morgan fingerprint density at radius 3 is 2.26 bits per heavy atom. The molecule has 1 fully saturated rings. The van der Waals surface area contributed by atoms with Gasteiger partial charge in [-0.25, -0.2) is 0 Å². The number of rotatable bonds is 3. The Bertz CT molecular complexity index is 413. The lowest BCUT2D eigenvalue weighted by Gasteiger charge is -2.41. The molecule has 0 radical (unpaired) electrons. The molecular weight excluding hydrogens is 232 g/mol. The highest BCUT2D eigenvalue weighted by molar-refractivity contribution is 5.32. The highest BCUT2D eigenvalue weighted by Crippen LogP contribution is 2.44. The average molecular weight is 260 g/mol. The van der Waals surface area contributed by atoms with Crippen molar-refractivity contribution in [3.8, 4) is 0 Å². The Labute approximate surface area is 118 Å². The van der Waals surface area contributed by atoms with Crippen LogP contribution >= 0.6 is 0 Å². The summed E-state index contributed by atoms with van der Waals surface area (Å²) in [7, 11) is 0. The van der Waals surface area contributed by atoms with Crippen LogP contribution in [0.3, 0.4) is 0 Å². The normalized spacial score (nSPS) is 27.0. The van der Waals surface area contributed by atoms with E-state index in [-0.39, 0.29) is 0 Å². The predicted molar refractivity (Wildman–Crippen MR) is 81.2 cm³/mol. The second-order valence-corrected chi connectivity index (χ2v) is 6.58. The average Bonchev–Trinajstić information content (AvgIpc) is 2.37. The van der Waals surface area contributed by atoms with Crippen LogP contribution in [0, 0.1) is 25.7 Å². The zero-order chi connectivity index (χ0) is 14.0. The maximum Gasteiger partial charge on any atom is 0.0899 e. The van der Waals surface area contributed by atoms with E-state index in [0.29, 0.717) is 11.8 Å². The van der Waals surface area contributed by atoms with Gasteiger partial charge < -0.3 is 5.11 Å². The van der Waals surface area contributed by atoms with E-state index in [0.717, 1.165) is 5.56 Å². The molecule has 0 spiro atoms. The first-order valence-corrected chi connectivity index (χ1v) is 7.76. The number of benzene rings is 1. The minimum atomic E-state index is -0.683. The first-order chi connectivity index (χ1) is 8.95. The summed E-state index contributed by atoms with van der Waals surface area (Å²) in [5, 5.41) is 11.2. The summed E-state index contributed by atoms with van der Waals surface area (Å²) in [5.41, 5.74) is 2.92. The van der Waals surface area contributed by atoms with Crippen molar-refractivity contribution < 1.29 is 5.11 Å². The maximum atomic E-state index is 11.2. The third kappa shape index (κ3) is 3.02. The fourth-order valence-electron chi connectivity index (χ4n) is 3.92. The van der Waals surface area contributed by atoms with Gasteiger partial charge in [-0.15, -0.1) is 0 Å². The molecule has 106 valence electrons. The third-order valence-corrected chi connectivity index (χ3v) is 4.96. The molecule has 3 atom stereocenters. The minimum absolute atomic E-state index is 0.410. The number of aryl methyl sites for hydroxylation is 2. The fourth-order valence-corrected chi connectivity index (χ4v) is 3.92. The summed E-state index contributed by atoms with van der Waals surface area (Å²) < 4.78 is 0. The van der Waals surface area contributed by atoms with Gasteiger partial charge in [0, 0.05) is 0 Å². The molecule has 1 aliphatic carbocycles. The molecule has 0 aromatic heterocycles. The van der Waals surface area contributed by atoms with Gasteiger partial charge >= 0.3 is 0 Å². The van der Waals surface area contributed by atoms with Crippen LogP contribution in [0.5, 0.6) is 0 Å². The van der Waals surface area contributed by atoms with Crippen LogP contribution in [0.15, 0.2) is 18.2 Å². The quantitative estimate of drug-likeness (QED) is 0.833.